The first-order valence-corrected chi connectivity index (χ1v) is 8.99. The van der Waals surface area contributed by atoms with E-state index >= 15 is 0 Å². The second kappa shape index (κ2) is 5.46. The number of hydrogen-bond acceptors (Lipinski definition) is 6. The molecule has 5 atom stereocenters. The van der Waals surface area contributed by atoms with Crippen molar-refractivity contribution in [2.24, 2.45) is 11.8 Å². The first-order chi connectivity index (χ1) is 12.3. The van der Waals surface area contributed by atoms with E-state index in [-0.39, 0.29) is 29.4 Å². The van der Waals surface area contributed by atoms with Crippen molar-refractivity contribution in [3.05, 3.63) is 11.6 Å². The van der Waals surface area contributed by atoms with Crippen LogP contribution in [0.5, 0.6) is 0 Å². The van der Waals surface area contributed by atoms with Crippen LogP contribution in [0, 0.1) is 11.8 Å². The molecule has 10 heteroatoms. The van der Waals surface area contributed by atoms with E-state index in [0.29, 0.717) is 23.0 Å². The Morgan fingerprint density at radius 3 is 2.85 bits per heavy atom. The van der Waals surface area contributed by atoms with Crippen molar-refractivity contribution >= 4 is 28.6 Å². The van der Waals surface area contributed by atoms with E-state index in [1.807, 2.05) is 18.4 Å². The average Bonchev–Trinajstić information content (AvgIpc) is 2.98. The summed E-state index contributed by atoms with van der Waals surface area (Å²) in [5, 5.41) is 2.58. The number of rotatable bonds is 4. The van der Waals surface area contributed by atoms with Gasteiger partial charge in [0, 0.05) is 0 Å². The lowest BCUT2D eigenvalue weighted by atomic mass is 10.1. The highest BCUT2D eigenvalue weighted by atomic mass is 35.5. The van der Waals surface area contributed by atoms with Crippen LogP contribution in [0.25, 0.3) is 11.2 Å². The maximum atomic E-state index is 12.6. The second-order valence-corrected chi connectivity index (χ2v) is 7.89. The molecule has 3 fully saturated rings. The van der Waals surface area contributed by atoms with E-state index in [9.17, 15) is 8.78 Å². The molecule has 0 amide bonds. The number of ether oxygens (including phenoxy) is 2. The number of fused-ring (bicyclic) bond motifs is 4. The van der Waals surface area contributed by atoms with Gasteiger partial charge in [-0.05, 0) is 43.7 Å². The molecule has 0 spiro atoms. The fraction of sp³-hybridized carbons (Fsp3) is 0.688. The molecular weight excluding hydrogens is 368 g/mol. The Labute approximate surface area is 153 Å². The number of nitrogens with zero attached hydrogens (tertiary/aromatic N) is 4. The molecule has 0 radical (unpaired) electrons. The minimum absolute atomic E-state index is 0.0122. The van der Waals surface area contributed by atoms with E-state index < -0.39 is 18.8 Å². The Bertz CT molecular complexity index is 876. The van der Waals surface area contributed by atoms with Gasteiger partial charge in [0.25, 0.3) is 6.43 Å². The summed E-state index contributed by atoms with van der Waals surface area (Å²) < 4.78 is 39.3. The van der Waals surface area contributed by atoms with Crippen LogP contribution in [0.2, 0.25) is 5.28 Å². The predicted molar refractivity (Wildman–Crippen MR) is 89.3 cm³/mol. The molecule has 2 saturated carbocycles. The van der Waals surface area contributed by atoms with Crippen LogP contribution < -0.4 is 5.32 Å². The molecule has 2 aromatic rings. The van der Waals surface area contributed by atoms with Gasteiger partial charge in [-0.15, -0.1) is 0 Å². The molecule has 3 aliphatic rings. The summed E-state index contributed by atoms with van der Waals surface area (Å²) in [6.45, 7) is 3.30. The van der Waals surface area contributed by atoms with Gasteiger partial charge in [0.2, 0.25) is 5.28 Å². The monoisotopic (exact) mass is 385 g/mol. The molecule has 1 N–H and O–H groups in total. The number of nitrogens with one attached hydrogen (secondary N) is 1. The van der Waals surface area contributed by atoms with Crippen molar-refractivity contribution in [3.8, 4) is 0 Å². The third-order valence-electron chi connectivity index (χ3n) is 5.39. The highest BCUT2D eigenvalue weighted by molar-refractivity contribution is 6.28. The van der Waals surface area contributed by atoms with Crippen molar-refractivity contribution < 1.29 is 18.3 Å². The number of aromatic nitrogens is 4. The fourth-order valence-corrected chi connectivity index (χ4v) is 4.60. The van der Waals surface area contributed by atoms with E-state index in [0.717, 1.165) is 6.42 Å². The predicted octanol–water partition coefficient (Wildman–Crippen LogP) is 2.87. The van der Waals surface area contributed by atoms with Crippen LogP contribution in [0.1, 0.15) is 26.3 Å². The zero-order valence-electron chi connectivity index (χ0n) is 14.2. The van der Waals surface area contributed by atoms with Crippen molar-refractivity contribution in [2.45, 2.75) is 50.7 Å². The Balaban J connectivity index is 1.54. The molecule has 1 aliphatic heterocycles. The Morgan fingerprint density at radius 1 is 1.31 bits per heavy atom. The number of imidazole rings is 1. The molecule has 26 heavy (non-hydrogen) atoms. The van der Waals surface area contributed by atoms with Crippen molar-refractivity contribution in [1.82, 2.24) is 19.5 Å². The highest BCUT2D eigenvalue weighted by Gasteiger charge is 2.66. The Hall–Kier alpha value is -1.58. The topological polar surface area (TPSA) is 74.1 Å². The van der Waals surface area contributed by atoms with Gasteiger partial charge in [-0.2, -0.15) is 9.97 Å². The maximum absolute atomic E-state index is 12.6. The van der Waals surface area contributed by atoms with E-state index in [2.05, 4.69) is 20.3 Å². The Kier molecular flexibility index (Phi) is 3.48. The molecule has 3 heterocycles. The van der Waals surface area contributed by atoms with Gasteiger partial charge in [0.1, 0.15) is 6.10 Å². The first-order valence-electron chi connectivity index (χ1n) is 8.62. The lowest BCUT2D eigenvalue weighted by molar-refractivity contribution is -0.156. The third kappa shape index (κ3) is 2.48. The van der Waals surface area contributed by atoms with Crippen LogP contribution in [0.15, 0.2) is 6.33 Å². The summed E-state index contributed by atoms with van der Waals surface area (Å²) in [5.74, 6) is 0.501. The van der Waals surface area contributed by atoms with Gasteiger partial charge in [-0.25, -0.2) is 13.8 Å². The summed E-state index contributed by atoms with van der Waals surface area (Å²) in [4.78, 5) is 12.7. The molecule has 0 aromatic carbocycles. The minimum Gasteiger partial charge on any atom is -0.362 e. The fourth-order valence-electron chi connectivity index (χ4n) is 4.43. The lowest BCUT2D eigenvalue weighted by Crippen LogP contribution is -2.30. The zero-order valence-corrected chi connectivity index (χ0v) is 15.0. The van der Waals surface area contributed by atoms with E-state index in [1.54, 1.807) is 6.33 Å². The van der Waals surface area contributed by atoms with Crippen LogP contribution in [-0.2, 0) is 9.47 Å². The number of alkyl halides is 2. The number of halogens is 3. The summed E-state index contributed by atoms with van der Waals surface area (Å²) in [7, 11) is 0. The first kappa shape index (κ1) is 16.6. The van der Waals surface area contributed by atoms with Crippen LogP contribution in [0.4, 0.5) is 14.6 Å². The van der Waals surface area contributed by atoms with Gasteiger partial charge in [0.05, 0.1) is 25.0 Å². The quantitative estimate of drug-likeness (QED) is 0.816. The summed E-state index contributed by atoms with van der Waals surface area (Å²) in [5.41, 5.74) is 0.945. The molecule has 140 valence electrons. The summed E-state index contributed by atoms with van der Waals surface area (Å²) in [6, 6.07) is 0.0330. The van der Waals surface area contributed by atoms with Crippen molar-refractivity contribution in [1.29, 1.82) is 0 Å². The average molecular weight is 386 g/mol. The second-order valence-electron chi connectivity index (χ2n) is 7.56. The number of hydrogen-bond donors (Lipinski definition) is 1. The smallest absolute Gasteiger partial charge is 0.255 e. The molecule has 5 rings (SSSR count). The molecule has 2 aromatic heterocycles. The maximum Gasteiger partial charge on any atom is 0.255 e. The van der Waals surface area contributed by atoms with E-state index in [1.165, 1.54) is 0 Å². The zero-order chi connectivity index (χ0) is 18.2. The molecule has 1 saturated heterocycles. The van der Waals surface area contributed by atoms with Gasteiger partial charge < -0.3 is 19.4 Å². The largest absolute Gasteiger partial charge is 0.362 e. The summed E-state index contributed by atoms with van der Waals surface area (Å²) in [6.07, 6.45) is 0.208. The van der Waals surface area contributed by atoms with Crippen molar-refractivity contribution in [2.75, 3.05) is 11.9 Å². The standard InChI is InChI=1S/C16H18ClF2N5O2/c1-16(2)25-11-7-3-6(7)10(12(11)26-16)24-5-21-9-13(20-4-8(18)19)22-15(17)23-14(9)24/h5-8,10-12H,3-4H2,1-2H3,(H,20,22,23)/t6-,7+,10+,11+,12-/m0/s1. The Morgan fingerprint density at radius 2 is 2.08 bits per heavy atom. The molecular formula is C16H18ClF2N5O2. The van der Waals surface area contributed by atoms with Gasteiger partial charge >= 0.3 is 0 Å². The van der Waals surface area contributed by atoms with Crippen LogP contribution in [-0.4, -0.2) is 50.5 Å². The lowest BCUT2D eigenvalue weighted by Gasteiger charge is -2.24. The summed E-state index contributed by atoms with van der Waals surface area (Å²) >= 11 is 6.03. The normalized spacial score (nSPS) is 34.3. The molecule has 7 nitrogen and oxygen atoms in total. The van der Waals surface area contributed by atoms with Gasteiger partial charge in [-0.3, -0.25) is 0 Å². The van der Waals surface area contributed by atoms with Crippen LogP contribution in [0.3, 0.4) is 0 Å². The number of anilines is 1. The highest BCUT2D eigenvalue weighted by Crippen LogP contribution is 2.63. The van der Waals surface area contributed by atoms with Crippen molar-refractivity contribution in [3.63, 3.8) is 0 Å². The third-order valence-corrected chi connectivity index (χ3v) is 5.56. The minimum atomic E-state index is -2.50. The van der Waals surface area contributed by atoms with Gasteiger partial charge in [-0.1, -0.05) is 0 Å². The molecule has 0 bridgehead atoms. The van der Waals surface area contributed by atoms with E-state index in [4.69, 9.17) is 21.1 Å². The molecule has 0 unspecified atom stereocenters. The van der Waals surface area contributed by atoms with Gasteiger partial charge in [0.15, 0.2) is 22.8 Å². The van der Waals surface area contributed by atoms with Crippen LogP contribution >= 0.6 is 11.6 Å². The molecule has 2 aliphatic carbocycles. The SMILES string of the molecule is CC1(C)O[C@@H]2[C@@H]3C[C@@H]3[C@@H](n3cnc4c(NCC(F)F)nc(Cl)nc43)[C@@H]2O1.